The van der Waals surface area contributed by atoms with Crippen molar-refractivity contribution in [3.05, 3.63) is 57.0 Å². The number of nitro groups is 1. The van der Waals surface area contributed by atoms with Gasteiger partial charge in [-0.3, -0.25) is 20.0 Å². The number of pyridine rings is 2. The Hall–Kier alpha value is -2.25. The average molecular weight is 348 g/mol. The number of hydrogen-bond acceptors (Lipinski definition) is 6. The van der Waals surface area contributed by atoms with Crippen LogP contribution in [0.5, 0.6) is 0 Å². The predicted octanol–water partition coefficient (Wildman–Crippen LogP) is 2.67. The Kier molecular flexibility index (Phi) is 4.92. The van der Waals surface area contributed by atoms with E-state index in [1.165, 1.54) is 6.07 Å². The summed E-state index contributed by atoms with van der Waals surface area (Å²) in [6.07, 6.45) is 1.66. The van der Waals surface area contributed by atoms with Crippen molar-refractivity contribution in [1.82, 2.24) is 14.9 Å². The molecule has 7 nitrogen and oxygen atoms in total. The van der Waals surface area contributed by atoms with Crippen LogP contribution in [0.1, 0.15) is 11.4 Å². The smallest absolute Gasteiger partial charge is 0.290 e. The fourth-order valence-electron chi connectivity index (χ4n) is 2.77. The van der Waals surface area contributed by atoms with Crippen molar-refractivity contribution >= 4 is 23.1 Å². The van der Waals surface area contributed by atoms with E-state index in [0.717, 1.165) is 44.2 Å². The lowest BCUT2D eigenvalue weighted by molar-refractivity contribution is -0.385. The Labute approximate surface area is 145 Å². The Bertz CT molecular complexity index is 730. The highest BCUT2D eigenvalue weighted by atomic mass is 35.5. The van der Waals surface area contributed by atoms with Gasteiger partial charge in [0.2, 0.25) is 0 Å². The molecule has 0 spiro atoms. The van der Waals surface area contributed by atoms with Crippen LogP contribution in [0.2, 0.25) is 5.02 Å². The number of aryl methyl sites for hydroxylation is 1. The Morgan fingerprint density at radius 2 is 1.96 bits per heavy atom. The molecule has 0 N–H and O–H groups in total. The number of rotatable bonds is 4. The first kappa shape index (κ1) is 16.6. The molecule has 2 aromatic heterocycles. The first-order valence-electron chi connectivity index (χ1n) is 7.73. The maximum Gasteiger partial charge on any atom is 0.290 e. The molecule has 0 bridgehead atoms. The van der Waals surface area contributed by atoms with Crippen LogP contribution in [-0.2, 0) is 6.54 Å². The predicted molar refractivity (Wildman–Crippen MR) is 92.4 cm³/mol. The highest BCUT2D eigenvalue weighted by molar-refractivity contribution is 6.30. The summed E-state index contributed by atoms with van der Waals surface area (Å²) >= 11 is 5.85. The van der Waals surface area contributed by atoms with Gasteiger partial charge in [0.15, 0.2) is 0 Å². The number of halogens is 1. The molecule has 1 aliphatic rings. The molecule has 0 atom stereocenters. The summed E-state index contributed by atoms with van der Waals surface area (Å²) in [5, 5.41) is 11.5. The van der Waals surface area contributed by atoms with Crippen molar-refractivity contribution in [2.45, 2.75) is 13.5 Å². The maximum absolute atomic E-state index is 10.9. The molecule has 1 saturated heterocycles. The Balaban J connectivity index is 1.59. The van der Waals surface area contributed by atoms with Crippen LogP contribution in [0.4, 0.5) is 11.5 Å². The molecule has 1 aliphatic heterocycles. The molecule has 0 aliphatic carbocycles. The Morgan fingerprint density at radius 3 is 2.54 bits per heavy atom. The number of aromatic nitrogens is 2. The highest BCUT2D eigenvalue weighted by Crippen LogP contribution is 2.21. The summed E-state index contributed by atoms with van der Waals surface area (Å²) in [4.78, 5) is 23.7. The molecular weight excluding hydrogens is 330 g/mol. The van der Waals surface area contributed by atoms with Crippen molar-refractivity contribution in [3.63, 3.8) is 0 Å². The lowest BCUT2D eigenvalue weighted by Gasteiger charge is -2.35. The van der Waals surface area contributed by atoms with Gasteiger partial charge in [-0.2, -0.15) is 0 Å². The molecule has 0 saturated carbocycles. The van der Waals surface area contributed by atoms with E-state index in [1.807, 2.05) is 12.1 Å². The maximum atomic E-state index is 10.9. The number of hydrogen-bond donors (Lipinski definition) is 0. The second-order valence-corrected chi connectivity index (χ2v) is 6.20. The van der Waals surface area contributed by atoms with Gasteiger partial charge < -0.3 is 4.90 Å². The average Bonchev–Trinajstić information content (AvgIpc) is 2.57. The Morgan fingerprint density at radius 1 is 1.21 bits per heavy atom. The van der Waals surface area contributed by atoms with E-state index in [0.29, 0.717) is 10.7 Å². The molecular formula is C16H18ClN5O2. The third-order valence-corrected chi connectivity index (χ3v) is 4.33. The molecule has 1 fully saturated rings. The molecule has 3 rings (SSSR count). The molecule has 24 heavy (non-hydrogen) atoms. The summed E-state index contributed by atoms with van der Waals surface area (Å²) in [6.45, 7) is 5.90. The summed E-state index contributed by atoms with van der Waals surface area (Å²) < 4.78 is 0. The van der Waals surface area contributed by atoms with Gasteiger partial charge in [-0.05, 0) is 25.1 Å². The van der Waals surface area contributed by atoms with Crippen LogP contribution in [-0.4, -0.2) is 46.0 Å². The van der Waals surface area contributed by atoms with Crippen molar-refractivity contribution in [1.29, 1.82) is 0 Å². The van der Waals surface area contributed by atoms with Crippen molar-refractivity contribution in [3.8, 4) is 0 Å². The minimum absolute atomic E-state index is 0.0613. The first-order valence-corrected chi connectivity index (χ1v) is 8.10. The van der Waals surface area contributed by atoms with Gasteiger partial charge in [-0.1, -0.05) is 11.6 Å². The zero-order valence-electron chi connectivity index (χ0n) is 13.4. The van der Waals surface area contributed by atoms with Gasteiger partial charge in [0.25, 0.3) is 5.69 Å². The molecule has 2 aromatic rings. The zero-order chi connectivity index (χ0) is 17.1. The molecule has 0 aromatic carbocycles. The van der Waals surface area contributed by atoms with E-state index in [1.54, 1.807) is 19.2 Å². The standard InChI is InChI=1S/C16H18ClN5O2/c1-12-15(22(23)24)4-5-16(19-12)21-8-6-20(7-9-21)11-14-3-2-13(17)10-18-14/h2-5,10H,6-9,11H2,1H3. The normalized spacial score (nSPS) is 15.5. The summed E-state index contributed by atoms with van der Waals surface area (Å²) in [7, 11) is 0. The summed E-state index contributed by atoms with van der Waals surface area (Å²) in [6, 6.07) is 7.04. The van der Waals surface area contributed by atoms with Crippen LogP contribution >= 0.6 is 11.6 Å². The number of piperazine rings is 1. The van der Waals surface area contributed by atoms with Crippen LogP contribution in [0, 0.1) is 17.0 Å². The van der Waals surface area contributed by atoms with E-state index < -0.39 is 4.92 Å². The third-order valence-electron chi connectivity index (χ3n) is 4.11. The first-order chi connectivity index (χ1) is 11.5. The third kappa shape index (κ3) is 3.80. The van der Waals surface area contributed by atoms with Crippen molar-refractivity contribution in [2.24, 2.45) is 0 Å². The van der Waals surface area contributed by atoms with E-state index in [4.69, 9.17) is 11.6 Å². The molecule has 3 heterocycles. The minimum atomic E-state index is -0.400. The largest absolute Gasteiger partial charge is 0.354 e. The molecule has 0 radical (unpaired) electrons. The number of anilines is 1. The second kappa shape index (κ2) is 7.11. The van der Waals surface area contributed by atoms with Crippen LogP contribution in [0.3, 0.4) is 0 Å². The van der Waals surface area contributed by atoms with Crippen LogP contribution < -0.4 is 4.90 Å². The fraction of sp³-hybridized carbons (Fsp3) is 0.375. The highest BCUT2D eigenvalue weighted by Gasteiger charge is 2.20. The van der Waals surface area contributed by atoms with Gasteiger partial charge in [0.1, 0.15) is 11.5 Å². The topological polar surface area (TPSA) is 75.4 Å². The van der Waals surface area contributed by atoms with Gasteiger partial charge in [-0.15, -0.1) is 0 Å². The SMILES string of the molecule is Cc1nc(N2CCN(Cc3ccc(Cl)cn3)CC2)ccc1[N+](=O)[O-]. The lowest BCUT2D eigenvalue weighted by atomic mass is 10.2. The van der Waals surface area contributed by atoms with Gasteiger partial charge in [0, 0.05) is 45.0 Å². The second-order valence-electron chi connectivity index (χ2n) is 5.76. The quantitative estimate of drug-likeness (QED) is 0.625. The van der Waals surface area contributed by atoms with Gasteiger partial charge in [-0.25, -0.2) is 4.98 Å². The summed E-state index contributed by atoms with van der Waals surface area (Å²) in [5.74, 6) is 0.794. The fourth-order valence-corrected chi connectivity index (χ4v) is 2.89. The molecule has 126 valence electrons. The molecule has 8 heteroatoms. The van der Waals surface area contributed by atoms with Gasteiger partial charge in [0.05, 0.1) is 15.6 Å². The van der Waals surface area contributed by atoms with E-state index in [9.17, 15) is 10.1 Å². The van der Waals surface area contributed by atoms with E-state index in [2.05, 4.69) is 19.8 Å². The number of nitrogens with zero attached hydrogens (tertiary/aromatic N) is 5. The zero-order valence-corrected chi connectivity index (χ0v) is 14.1. The van der Waals surface area contributed by atoms with Crippen molar-refractivity contribution < 1.29 is 4.92 Å². The van der Waals surface area contributed by atoms with Crippen molar-refractivity contribution in [2.75, 3.05) is 31.1 Å². The van der Waals surface area contributed by atoms with E-state index in [-0.39, 0.29) is 5.69 Å². The molecule has 0 unspecified atom stereocenters. The van der Waals surface area contributed by atoms with Crippen LogP contribution in [0.15, 0.2) is 30.5 Å². The van der Waals surface area contributed by atoms with Gasteiger partial charge >= 0.3 is 0 Å². The monoisotopic (exact) mass is 347 g/mol. The van der Waals surface area contributed by atoms with Crippen LogP contribution in [0.25, 0.3) is 0 Å². The molecule has 0 amide bonds. The summed E-state index contributed by atoms with van der Waals surface area (Å²) in [5.41, 5.74) is 1.51. The lowest BCUT2D eigenvalue weighted by Crippen LogP contribution is -2.46. The van der Waals surface area contributed by atoms with E-state index >= 15 is 0 Å². The minimum Gasteiger partial charge on any atom is -0.354 e.